The van der Waals surface area contributed by atoms with Gasteiger partial charge < -0.3 is 10.3 Å². The highest BCUT2D eigenvalue weighted by Gasteiger charge is 2.14. The van der Waals surface area contributed by atoms with Crippen molar-refractivity contribution in [2.24, 2.45) is 0 Å². The first-order valence-electron chi connectivity index (χ1n) is 8.63. The molecule has 1 aliphatic carbocycles. The first kappa shape index (κ1) is 14.9. The van der Waals surface area contributed by atoms with Gasteiger partial charge in [0.25, 0.3) is 0 Å². The van der Waals surface area contributed by atoms with Crippen LogP contribution < -0.4 is 5.32 Å². The minimum absolute atomic E-state index is 0.934. The molecule has 2 heterocycles. The molecule has 2 N–H and O–H groups in total. The number of aromatic nitrogens is 2. The summed E-state index contributed by atoms with van der Waals surface area (Å²) < 4.78 is 0. The van der Waals surface area contributed by atoms with E-state index in [0.29, 0.717) is 0 Å². The van der Waals surface area contributed by atoms with Crippen molar-refractivity contribution < 1.29 is 0 Å². The van der Waals surface area contributed by atoms with Gasteiger partial charge in [-0.1, -0.05) is 12.1 Å². The van der Waals surface area contributed by atoms with Gasteiger partial charge in [-0.05, 0) is 56.3 Å². The van der Waals surface area contributed by atoms with Crippen molar-refractivity contribution in [3.8, 4) is 0 Å². The number of H-pyrrole nitrogens is 1. The molecular weight excluding hydrogens is 302 g/mol. The topological polar surface area (TPSA) is 40.7 Å². The minimum Gasteiger partial charge on any atom is -0.361 e. The lowest BCUT2D eigenvalue weighted by Crippen LogP contribution is -2.15. The predicted octanol–water partition coefficient (Wildman–Crippen LogP) is 4.23. The van der Waals surface area contributed by atoms with Crippen LogP contribution in [0.3, 0.4) is 0 Å². The summed E-state index contributed by atoms with van der Waals surface area (Å²) in [6.45, 7) is 1.98. The fraction of sp³-hybridized carbons (Fsp3) is 0.421. The summed E-state index contributed by atoms with van der Waals surface area (Å²) in [5.41, 5.74) is 3.98. The lowest BCUT2D eigenvalue weighted by molar-refractivity contribution is 0.647. The second kappa shape index (κ2) is 6.85. The highest BCUT2D eigenvalue weighted by atomic mass is 32.1. The molecule has 0 unspecified atom stereocenters. The Kier molecular flexibility index (Phi) is 4.44. The maximum absolute atomic E-state index is 4.83. The van der Waals surface area contributed by atoms with E-state index in [0.717, 1.165) is 25.9 Å². The number of nitrogens with one attached hydrogen (secondary N) is 2. The van der Waals surface area contributed by atoms with Gasteiger partial charge in [0.2, 0.25) is 0 Å². The van der Waals surface area contributed by atoms with Crippen LogP contribution in [-0.2, 0) is 25.8 Å². The third kappa shape index (κ3) is 3.33. The number of fused-ring (bicyclic) bond motifs is 2. The predicted molar refractivity (Wildman–Crippen MR) is 97.1 cm³/mol. The van der Waals surface area contributed by atoms with Crippen molar-refractivity contribution in [1.29, 1.82) is 0 Å². The Labute approximate surface area is 141 Å². The van der Waals surface area contributed by atoms with Crippen LogP contribution in [0, 0.1) is 0 Å². The van der Waals surface area contributed by atoms with Crippen LogP contribution in [0.25, 0.3) is 10.9 Å². The zero-order chi connectivity index (χ0) is 15.5. The third-order valence-corrected chi connectivity index (χ3v) is 5.85. The summed E-state index contributed by atoms with van der Waals surface area (Å²) in [4.78, 5) is 9.65. The summed E-state index contributed by atoms with van der Waals surface area (Å²) in [7, 11) is 0. The summed E-state index contributed by atoms with van der Waals surface area (Å²) in [5.74, 6) is 0. The van der Waals surface area contributed by atoms with Crippen LogP contribution in [0.15, 0.2) is 30.5 Å². The summed E-state index contributed by atoms with van der Waals surface area (Å²) in [6, 6.07) is 8.61. The van der Waals surface area contributed by atoms with E-state index in [2.05, 4.69) is 34.6 Å². The molecule has 3 nitrogen and oxygen atoms in total. The van der Waals surface area contributed by atoms with Gasteiger partial charge >= 0.3 is 0 Å². The molecule has 0 saturated heterocycles. The summed E-state index contributed by atoms with van der Waals surface area (Å²) in [5, 5.41) is 6.24. The van der Waals surface area contributed by atoms with E-state index < -0.39 is 0 Å². The molecule has 0 aliphatic heterocycles. The number of benzene rings is 1. The molecule has 4 heteroatoms. The van der Waals surface area contributed by atoms with Crippen molar-refractivity contribution in [3.63, 3.8) is 0 Å². The van der Waals surface area contributed by atoms with Gasteiger partial charge in [-0.25, -0.2) is 4.98 Å². The molecule has 2 aromatic heterocycles. The molecule has 0 radical (unpaired) electrons. The molecule has 0 spiro atoms. The highest BCUT2D eigenvalue weighted by molar-refractivity contribution is 7.11. The Morgan fingerprint density at radius 3 is 3.09 bits per heavy atom. The molecule has 1 aromatic carbocycles. The third-order valence-electron chi connectivity index (χ3n) is 4.63. The molecule has 3 aromatic rings. The van der Waals surface area contributed by atoms with Gasteiger partial charge in [0.1, 0.15) is 0 Å². The molecule has 0 saturated carbocycles. The zero-order valence-electron chi connectivity index (χ0n) is 13.4. The van der Waals surface area contributed by atoms with Gasteiger partial charge in [0, 0.05) is 34.9 Å². The van der Waals surface area contributed by atoms with Crippen molar-refractivity contribution in [2.75, 3.05) is 6.54 Å². The highest BCUT2D eigenvalue weighted by Crippen LogP contribution is 2.27. The molecule has 0 bridgehead atoms. The van der Waals surface area contributed by atoms with Crippen LogP contribution in [0.1, 0.15) is 40.4 Å². The minimum atomic E-state index is 0.934. The number of hydrogen-bond acceptors (Lipinski definition) is 3. The SMILES string of the molecule is c1cc(CNCCCc2nc3c(s2)CCCC3)c2cc[nH]c2c1. The molecule has 23 heavy (non-hydrogen) atoms. The van der Waals surface area contributed by atoms with Crippen molar-refractivity contribution in [1.82, 2.24) is 15.3 Å². The Morgan fingerprint density at radius 2 is 2.13 bits per heavy atom. The van der Waals surface area contributed by atoms with E-state index in [1.807, 2.05) is 17.5 Å². The van der Waals surface area contributed by atoms with E-state index >= 15 is 0 Å². The first-order valence-corrected chi connectivity index (χ1v) is 9.45. The molecule has 0 atom stereocenters. The number of nitrogens with zero attached hydrogens (tertiary/aromatic N) is 1. The molecule has 4 rings (SSSR count). The molecule has 0 amide bonds. The van der Waals surface area contributed by atoms with E-state index in [9.17, 15) is 0 Å². The van der Waals surface area contributed by atoms with Crippen LogP contribution in [0.5, 0.6) is 0 Å². The zero-order valence-corrected chi connectivity index (χ0v) is 14.2. The van der Waals surface area contributed by atoms with Crippen LogP contribution in [-0.4, -0.2) is 16.5 Å². The smallest absolute Gasteiger partial charge is 0.0931 e. The number of aryl methyl sites for hydroxylation is 3. The fourth-order valence-corrected chi connectivity index (χ4v) is 4.60. The van der Waals surface area contributed by atoms with Gasteiger partial charge in [-0.3, -0.25) is 0 Å². The second-order valence-corrected chi connectivity index (χ2v) is 7.49. The lowest BCUT2D eigenvalue weighted by atomic mass is 10.0. The summed E-state index contributed by atoms with van der Waals surface area (Å²) >= 11 is 1.95. The van der Waals surface area contributed by atoms with Crippen LogP contribution >= 0.6 is 11.3 Å². The molecular formula is C19H23N3S. The van der Waals surface area contributed by atoms with E-state index in [1.165, 1.54) is 52.9 Å². The average Bonchev–Trinajstić information content (AvgIpc) is 3.21. The van der Waals surface area contributed by atoms with Gasteiger partial charge in [0.05, 0.1) is 10.7 Å². The van der Waals surface area contributed by atoms with Crippen LogP contribution in [0.4, 0.5) is 0 Å². The standard InChI is InChI=1S/C19H23N3S/c1-2-8-18-17(6-1)22-19(23-18)9-4-11-20-13-14-5-3-7-16-15(14)10-12-21-16/h3,5,7,10,12,20-21H,1-2,4,6,8-9,11,13H2. The normalized spacial score (nSPS) is 14.3. The second-order valence-electron chi connectivity index (χ2n) is 6.32. The Hall–Kier alpha value is -1.65. The Balaban J connectivity index is 1.26. The number of aromatic amines is 1. The monoisotopic (exact) mass is 325 g/mol. The summed E-state index contributed by atoms with van der Waals surface area (Å²) in [6.07, 6.45) is 9.41. The Morgan fingerprint density at radius 1 is 1.17 bits per heavy atom. The quantitative estimate of drug-likeness (QED) is 0.666. The number of hydrogen-bond donors (Lipinski definition) is 2. The first-order chi connectivity index (χ1) is 11.4. The molecule has 120 valence electrons. The van der Waals surface area contributed by atoms with E-state index in [4.69, 9.17) is 4.98 Å². The average molecular weight is 325 g/mol. The van der Waals surface area contributed by atoms with Gasteiger partial charge in [0.15, 0.2) is 0 Å². The maximum Gasteiger partial charge on any atom is 0.0931 e. The van der Waals surface area contributed by atoms with Gasteiger partial charge in [-0.15, -0.1) is 11.3 Å². The molecule has 1 aliphatic rings. The maximum atomic E-state index is 4.83. The van der Waals surface area contributed by atoms with Crippen LogP contribution in [0.2, 0.25) is 0 Å². The number of thiazole rings is 1. The number of rotatable bonds is 6. The van der Waals surface area contributed by atoms with Crippen molar-refractivity contribution >= 4 is 22.2 Å². The van der Waals surface area contributed by atoms with Crippen molar-refractivity contribution in [3.05, 3.63) is 51.6 Å². The van der Waals surface area contributed by atoms with Crippen molar-refractivity contribution in [2.45, 2.75) is 45.1 Å². The van der Waals surface area contributed by atoms with Gasteiger partial charge in [-0.2, -0.15) is 0 Å². The lowest BCUT2D eigenvalue weighted by Gasteiger charge is -2.06. The molecule has 0 fully saturated rings. The fourth-order valence-electron chi connectivity index (χ4n) is 3.40. The van der Waals surface area contributed by atoms with E-state index in [-0.39, 0.29) is 0 Å². The largest absolute Gasteiger partial charge is 0.361 e. The van der Waals surface area contributed by atoms with E-state index in [1.54, 1.807) is 4.88 Å². The Bertz CT molecular complexity index is 763.